The normalized spacial score (nSPS) is 16.0. The molecule has 0 aliphatic carbocycles. The van der Waals surface area contributed by atoms with Crippen LogP contribution in [-0.2, 0) is 6.18 Å². The number of nitrogens with zero attached hydrogens (tertiary/aromatic N) is 4. The molecule has 1 fully saturated rings. The van der Waals surface area contributed by atoms with Gasteiger partial charge < -0.3 is 10.2 Å². The van der Waals surface area contributed by atoms with Gasteiger partial charge in [0.25, 0.3) is 5.91 Å². The summed E-state index contributed by atoms with van der Waals surface area (Å²) in [6, 6.07) is 5.14. The molecule has 0 saturated carbocycles. The van der Waals surface area contributed by atoms with Gasteiger partial charge in [0.2, 0.25) is 0 Å². The Morgan fingerprint density at radius 1 is 1.28 bits per heavy atom. The van der Waals surface area contributed by atoms with Crippen molar-refractivity contribution in [2.75, 3.05) is 20.1 Å². The highest BCUT2D eigenvalue weighted by Gasteiger charge is 2.34. The van der Waals surface area contributed by atoms with E-state index < -0.39 is 11.7 Å². The van der Waals surface area contributed by atoms with E-state index >= 15 is 0 Å². The van der Waals surface area contributed by atoms with Gasteiger partial charge in [-0.25, -0.2) is 4.68 Å². The standard InChI is InChI=1S/C16H18F3N5O/c1-23(11-6-8-20-9-7-11)15(25)13-10-24(22-21-13)14-5-3-2-4-12(14)16(17,18)19/h2-5,10-11,20H,6-9H2,1H3. The van der Waals surface area contributed by atoms with Crippen molar-refractivity contribution in [3.05, 3.63) is 41.7 Å². The monoisotopic (exact) mass is 353 g/mol. The van der Waals surface area contributed by atoms with Crippen LogP contribution in [0.25, 0.3) is 5.69 Å². The Morgan fingerprint density at radius 3 is 2.64 bits per heavy atom. The second-order valence-electron chi connectivity index (χ2n) is 5.96. The minimum atomic E-state index is -4.52. The molecule has 1 aromatic heterocycles. The molecule has 25 heavy (non-hydrogen) atoms. The van der Waals surface area contributed by atoms with Gasteiger partial charge in [-0.15, -0.1) is 5.10 Å². The topological polar surface area (TPSA) is 63.1 Å². The van der Waals surface area contributed by atoms with Crippen molar-refractivity contribution in [2.24, 2.45) is 0 Å². The molecule has 3 rings (SSSR count). The van der Waals surface area contributed by atoms with Crippen LogP contribution in [-0.4, -0.2) is 52.0 Å². The average Bonchev–Trinajstić information content (AvgIpc) is 3.10. The molecule has 0 atom stereocenters. The number of para-hydroxylation sites is 1. The van der Waals surface area contributed by atoms with Gasteiger partial charge in [0.15, 0.2) is 5.69 Å². The maximum absolute atomic E-state index is 13.1. The molecule has 0 unspecified atom stereocenters. The first-order valence-corrected chi connectivity index (χ1v) is 7.95. The Labute approximate surface area is 142 Å². The summed E-state index contributed by atoms with van der Waals surface area (Å²) in [6.07, 6.45) is -1.62. The number of carbonyl (C=O) groups excluding carboxylic acids is 1. The molecule has 0 radical (unpaired) electrons. The van der Waals surface area contributed by atoms with Crippen molar-refractivity contribution in [3.63, 3.8) is 0 Å². The third-order valence-corrected chi connectivity index (χ3v) is 4.35. The Kier molecular flexibility index (Phi) is 4.76. The first-order chi connectivity index (χ1) is 11.9. The highest BCUT2D eigenvalue weighted by molar-refractivity contribution is 5.92. The number of rotatable bonds is 3. The quantitative estimate of drug-likeness (QED) is 0.918. The van der Waals surface area contributed by atoms with Crippen LogP contribution in [0.4, 0.5) is 13.2 Å². The highest BCUT2D eigenvalue weighted by atomic mass is 19.4. The predicted octanol–water partition coefficient (Wildman–Crippen LogP) is 2.11. The lowest BCUT2D eigenvalue weighted by atomic mass is 10.1. The maximum atomic E-state index is 13.1. The molecule has 2 heterocycles. The molecular formula is C16H18F3N5O. The molecule has 6 nitrogen and oxygen atoms in total. The van der Waals surface area contributed by atoms with E-state index in [0.717, 1.165) is 36.7 Å². The molecule has 1 saturated heterocycles. The Balaban J connectivity index is 1.84. The average molecular weight is 353 g/mol. The smallest absolute Gasteiger partial charge is 0.337 e. The zero-order valence-corrected chi connectivity index (χ0v) is 13.6. The molecule has 1 aliphatic heterocycles. The number of alkyl halides is 3. The molecule has 0 bridgehead atoms. The molecule has 134 valence electrons. The van der Waals surface area contributed by atoms with E-state index in [1.807, 2.05) is 0 Å². The Morgan fingerprint density at radius 2 is 1.96 bits per heavy atom. The number of carbonyl (C=O) groups is 1. The third kappa shape index (κ3) is 3.65. The van der Waals surface area contributed by atoms with Crippen LogP contribution in [0.5, 0.6) is 0 Å². The van der Waals surface area contributed by atoms with E-state index in [4.69, 9.17) is 0 Å². The van der Waals surface area contributed by atoms with Gasteiger partial charge in [0.05, 0.1) is 17.4 Å². The second kappa shape index (κ2) is 6.83. The zero-order chi connectivity index (χ0) is 18.0. The first-order valence-electron chi connectivity index (χ1n) is 7.95. The lowest BCUT2D eigenvalue weighted by Crippen LogP contribution is -2.44. The van der Waals surface area contributed by atoms with Gasteiger partial charge in [0, 0.05) is 13.1 Å². The summed E-state index contributed by atoms with van der Waals surface area (Å²) in [5.41, 5.74) is -0.963. The van der Waals surface area contributed by atoms with Gasteiger partial charge in [-0.2, -0.15) is 13.2 Å². The van der Waals surface area contributed by atoms with Crippen molar-refractivity contribution in [3.8, 4) is 5.69 Å². The second-order valence-corrected chi connectivity index (χ2v) is 5.96. The number of benzene rings is 1. The SMILES string of the molecule is CN(C(=O)c1cn(-c2ccccc2C(F)(F)F)nn1)C1CCNCC1. The molecule has 9 heteroatoms. The highest BCUT2D eigenvalue weighted by Crippen LogP contribution is 2.33. The van der Waals surface area contributed by atoms with Crippen molar-refractivity contribution in [1.29, 1.82) is 0 Å². The van der Waals surface area contributed by atoms with Crippen molar-refractivity contribution in [1.82, 2.24) is 25.2 Å². The van der Waals surface area contributed by atoms with Gasteiger partial charge >= 0.3 is 6.18 Å². The molecule has 0 spiro atoms. The number of hydrogen-bond acceptors (Lipinski definition) is 4. The maximum Gasteiger partial charge on any atom is 0.418 e. The molecule has 1 aliphatic rings. The van der Waals surface area contributed by atoms with E-state index in [2.05, 4.69) is 15.6 Å². The summed E-state index contributed by atoms with van der Waals surface area (Å²) in [7, 11) is 1.68. The molecule has 1 amide bonds. The minimum absolute atomic E-state index is 0.0259. The number of halogens is 3. The largest absolute Gasteiger partial charge is 0.418 e. The number of aromatic nitrogens is 3. The van der Waals surface area contributed by atoms with Crippen LogP contribution in [0.1, 0.15) is 28.9 Å². The van der Waals surface area contributed by atoms with Crippen molar-refractivity contribution in [2.45, 2.75) is 25.1 Å². The van der Waals surface area contributed by atoms with E-state index in [1.165, 1.54) is 24.4 Å². The first kappa shape index (κ1) is 17.4. The van der Waals surface area contributed by atoms with E-state index in [0.29, 0.717) is 0 Å². The summed E-state index contributed by atoms with van der Waals surface area (Å²) < 4.78 is 40.4. The van der Waals surface area contributed by atoms with Crippen LogP contribution in [0.2, 0.25) is 0 Å². The number of hydrogen-bond donors (Lipinski definition) is 1. The summed E-state index contributed by atoms with van der Waals surface area (Å²) in [6.45, 7) is 1.65. The van der Waals surface area contributed by atoms with E-state index in [-0.39, 0.29) is 23.3 Å². The van der Waals surface area contributed by atoms with Gasteiger partial charge in [-0.1, -0.05) is 17.3 Å². The lowest BCUT2D eigenvalue weighted by molar-refractivity contribution is -0.137. The fourth-order valence-electron chi connectivity index (χ4n) is 2.93. The Hall–Kier alpha value is -2.42. The fraction of sp³-hybridized carbons (Fsp3) is 0.438. The van der Waals surface area contributed by atoms with Crippen molar-refractivity contribution < 1.29 is 18.0 Å². The minimum Gasteiger partial charge on any atom is -0.337 e. The zero-order valence-electron chi connectivity index (χ0n) is 13.6. The summed E-state index contributed by atoms with van der Waals surface area (Å²) in [4.78, 5) is 14.1. The van der Waals surface area contributed by atoms with Gasteiger partial charge in [0.1, 0.15) is 0 Å². The molecule has 2 aromatic rings. The number of nitrogens with one attached hydrogen (secondary N) is 1. The number of piperidine rings is 1. The molecule has 1 aromatic carbocycles. The van der Waals surface area contributed by atoms with Crippen LogP contribution in [0.3, 0.4) is 0 Å². The van der Waals surface area contributed by atoms with Gasteiger partial charge in [-0.3, -0.25) is 4.79 Å². The van der Waals surface area contributed by atoms with Crippen molar-refractivity contribution >= 4 is 5.91 Å². The lowest BCUT2D eigenvalue weighted by Gasteiger charge is -2.31. The fourth-order valence-corrected chi connectivity index (χ4v) is 2.93. The van der Waals surface area contributed by atoms with Gasteiger partial charge in [-0.05, 0) is 38.1 Å². The van der Waals surface area contributed by atoms with E-state index in [9.17, 15) is 18.0 Å². The number of amides is 1. The van der Waals surface area contributed by atoms with Crippen LogP contribution >= 0.6 is 0 Å². The summed E-state index contributed by atoms with van der Waals surface area (Å²) >= 11 is 0. The Bertz CT molecular complexity index is 752. The summed E-state index contributed by atoms with van der Waals surface area (Å²) in [5.74, 6) is -0.345. The van der Waals surface area contributed by atoms with E-state index in [1.54, 1.807) is 11.9 Å². The molecular weight excluding hydrogens is 335 g/mol. The molecule has 1 N–H and O–H groups in total. The predicted molar refractivity (Wildman–Crippen MR) is 84.3 cm³/mol. The summed E-state index contributed by atoms with van der Waals surface area (Å²) in [5, 5.41) is 10.7. The van der Waals surface area contributed by atoms with Crippen LogP contribution in [0.15, 0.2) is 30.5 Å². The van der Waals surface area contributed by atoms with Crippen LogP contribution < -0.4 is 5.32 Å². The van der Waals surface area contributed by atoms with Crippen LogP contribution in [0, 0.1) is 0 Å². The third-order valence-electron chi connectivity index (χ3n) is 4.35.